The second-order valence-electron chi connectivity index (χ2n) is 11.7. The number of aromatic nitrogens is 2. The van der Waals surface area contributed by atoms with Crippen LogP contribution in [-0.4, -0.2) is 101 Å². The average molecular weight is 553 g/mol. The minimum absolute atomic E-state index is 0.0259. The van der Waals surface area contributed by atoms with Crippen LogP contribution in [0, 0.1) is 5.82 Å². The monoisotopic (exact) mass is 552 g/mol. The molecule has 0 saturated carbocycles. The second-order valence-corrected chi connectivity index (χ2v) is 11.7. The average Bonchev–Trinajstić information content (AvgIpc) is 3.42. The SMILES string of the molecule is CC(C)(C)c1ccc(-c2nc(CN3CCN(C([C@H](O)COc4ccccc4F)N4CCNCC4)CC3)no2)cc1. The molecule has 0 spiro atoms. The number of hydrogen-bond acceptors (Lipinski definition) is 9. The fourth-order valence-electron chi connectivity index (χ4n) is 5.42. The van der Waals surface area contributed by atoms with E-state index < -0.39 is 11.9 Å². The van der Waals surface area contributed by atoms with Gasteiger partial charge in [-0.1, -0.05) is 50.2 Å². The molecule has 2 N–H and O–H groups in total. The summed E-state index contributed by atoms with van der Waals surface area (Å²) in [4.78, 5) is 11.6. The Morgan fingerprint density at radius 1 is 0.975 bits per heavy atom. The van der Waals surface area contributed by atoms with Crippen LogP contribution >= 0.6 is 0 Å². The molecule has 2 aliphatic heterocycles. The molecule has 1 aromatic heterocycles. The second kappa shape index (κ2) is 12.7. The van der Waals surface area contributed by atoms with Gasteiger partial charge in [0, 0.05) is 57.9 Å². The van der Waals surface area contributed by atoms with Gasteiger partial charge in [-0.05, 0) is 35.2 Å². The van der Waals surface area contributed by atoms with Gasteiger partial charge in [-0.2, -0.15) is 4.98 Å². The van der Waals surface area contributed by atoms with E-state index in [1.807, 2.05) is 12.1 Å². The van der Waals surface area contributed by atoms with Crippen LogP contribution in [0.5, 0.6) is 5.75 Å². The highest BCUT2D eigenvalue weighted by Gasteiger charge is 2.35. The molecule has 0 radical (unpaired) electrons. The maximum absolute atomic E-state index is 14.1. The Labute approximate surface area is 235 Å². The third-order valence-electron chi connectivity index (χ3n) is 7.73. The topological polar surface area (TPSA) is 90.1 Å². The van der Waals surface area contributed by atoms with E-state index >= 15 is 0 Å². The fraction of sp³-hybridized carbons (Fsp3) is 0.533. The smallest absolute Gasteiger partial charge is 0.257 e. The summed E-state index contributed by atoms with van der Waals surface area (Å²) in [5.74, 6) is 0.940. The first kappa shape index (κ1) is 28.6. The minimum atomic E-state index is -0.784. The Hall–Kier alpha value is -2.89. The van der Waals surface area contributed by atoms with Crippen LogP contribution in [0.2, 0.25) is 0 Å². The summed E-state index contributed by atoms with van der Waals surface area (Å²) < 4.78 is 25.3. The van der Waals surface area contributed by atoms with E-state index in [9.17, 15) is 9.50 Å². The number of nitrogens with one attached hydrogen (secondary N) is 1. The van der Waals surface area contributed by atoms with Crippen molar-refractivity contribution in [3.63, 3.8) is 0 Å². The first-order chi connectivity index (χ1) is 19.3. The molecule has 0 bridgehead atoms. The molecule has 9 nitrogen and oxygen atoms in total. The Kier molecular flexibility index (Phi) is 9.12. The summed E-state index contributed by atoms with van der Waals surface area (Å²) in [5.41, 5.74) is 2.27. The number of benzene rings is 2. The highest BCUT2D eigenvalue weighted by molar-refractivity contribution is 5.53. The van der Waals surface area contributed by atoms with Crippen molar-refractivity contribution in [3.8, 4) is 17.2 Å². The van der Waals surface area contributed by atoms with Crippen LogP contribution in [0.3, 0.4) is 0 Å². The molecular formula is C30H41FN6O3. The van der Waals surface area contributed by atoms with Crippen molar-refractivity contribution in [3.05, 3.63) is 65.7 Å². The van der Waals surface area contributed by atoms with E-state index in [0.29, 0.717) is 18.3 Å². The summed E-state index contributed by atoms with van der Waals surface area (Å²) in [7, 11) is 0. The number of ether oxygens (including phenoxy) is 1. The van der Waals surface area contributed by atoms with Crippen molar-refractivity contribution in [2.45, 2.75) is 45.0 Å². The van der Waals surface area contributed by atoms with Gasteiger partial charge in [0.25, 0.3) is 5.89 Å². The molecule has 2 saturated heterocycles. The normalized spacial score (nSPS) is 19.4. The molecular weight excluding hydrogens is 511 g/mol. The Morgan fingerprint density at radius 2 is 1.65 bits per heavy atom. The van der Waals surface area contributed by atoms with Crippen LogP contribution in [0.4, 0.5) is 4.39 Å². The van der Waals surface area contributed by atoms with E-state index in [0.717, 1.165) is 57.9 Å². The zero-order valence-corrected chi connectivity index (χ0v) is 23.7. The Morgan fingerprint density at radius 3 is 2.33 bits per heavy atom. The number of halogens is 1. The summed E-state index contributed by atoms with van der Waals surface area (Å²) >= 11 is 0. The van der Waals surface area contributed by atoms with Gasteiger partial charge in [0.2, 0.25) is 0 Å². The lowest BCUT2D eigenvalue weighted by Gasteiger charge is -2.46. The summed E-state index contributed by atoms with van der Waals surface area (Å²) in [6, 6.07) is 14.6. The lowest BCUT2D eigenvalue weighted by Crippen LogP contribution is -2.63. The summed E-state index contributed by atoms with van der Waals surface area (Å²) in [5, 5.41) is 18.9. The van der Waals surface area contributed by atoms with Crippen molar-refractivity contribution in [2.75, 3.05) is 59.0 Å². The van der Waals surface area contributed by atoms with Crippen molar-refractivity contribution in [1.82, 2.24) is 30.2 Å². The molecule has 0 aliphatic carbocycles. The van der Waals surface area contributed by atoms with Gasteiger partial charge in [-0.3, -0.25) is 14.7 Å². The zero-order valence-electron chi connectivity index (χ0n) is 23.7. The maximum atomic E-state index is 14.1. The van der Waals surface area contributed by atoms with Gasteiger partial charge in [-0.25, -0.2) is 4.39 Å². The van der Waals surface area contributed by atoms with E-state index in [2.05, 4.69) is 63.1 Å². The number of hydrogen-bond donors (Lipinski definition) is 2. The minimum Gasteiger partial charge on any atom is -0.488 e. The molecule has 5 rings (SSSR count). The standard InChI is InChI=1S/C30H41FN6O3/c1-30(2,3)23-10-8-22(9-11-23)28-33-27(34-40-28)20-35-16-18-37(19-17-35)29(36-14-12-32-13-15-36)25(38)21-39-26-7-5-4-6-24(26)31/h4-11,25,29,32,38H,12-21H2,1-3H3/t25-,29?/m1/s1. The van der Waals surface area contributed by atoms with Gasteiger partial charge in [-0.15, -0.1) is 0 Å². The van der Waals surface area contributed by atoms with Crippen molar-refractivity contribution in [2.24, 2.45) is 0 Å². The van der Waals surface area contributed by atoms with Crippen LogP contribution in [0.25, 0.3) is 11.5 Å². The Balaban J connectivity index is 1.18. The van der Waals surface area contributed by atoms with Crippen molar-refractivity contribution >= 4 is 0 Å². The Bertz CT molecular complexity index is 1220. The summed E-state index contributed by atoms with van der Waals surface area (Å²) in [6.07, 6.45) is -0.988. The van der Waals surface area contributed by atoms with Gasteiger partial charge < -0.3 is 19.7 Å². The van der Waals surface area contributed by atoms with Gasteiger partial charge in [0.05, 0.1) is 12.7 Å². The molecule has 1 unspecified atom stereocenters. The number of nitrogens with zero attached hydrogens (tertiary/aromatic N) is 5. The molecule has 2 aliphatic rings. The largest absolute Gasteiger partial charge is 0.488 e. The predicted molar refractivity (Wildman–Crippen MR) is 151 cm³/mol. The van der Waals surface area contributed by atoms with E-state index in [1.165, 1.54) is 11.6 Å². The predicted octanol–water partition coefficient (Wildman–Crippen LogP) is 2.96. The molecule has 3 aromatic rings. The third-order valence-corrected chi connectivity index (χ3v) is 7.73. The number of rotatable bonds is 9. The fourth-order valence-corrected chi connectivity index (χ4v) is 5.42. The number of aliphatic hydroxyl groups excluding tert-OH is 1. The van der Waals surface area contributed by atoms with Crippen LogP contribution in [0.1, 0.15) is 32.2 Å². The van der Waals surface area contributed by atoms with Gasteiger partial charge in [0.1, 0.15) is 12.7 Å². The maximum Gasteiger partial charge on any atom is 0.257 e. The van der Waals surface area contributed by atoms with E-state index in [4.69, 9.17) is 9.26 Å². The lowest BCUT2D eigenvalue weighted by atomic mass is 9.87. The highest BCUT2D eigenvalue weighted by atomic mass is 19.1. The van der Waals surface area contributed by atoms with Crippen LogP contribution < -0.4 is 10.1 Å². The van der Waals surface area contributed by atoms with E-state index in [1.54, 1.807) is 18.2 Å². The third kappa shape index (κ3) is 7.05. The molecule has 2 atom stereocenters. The first-order valence-electron chi connectivity index (χ1n) is 14.2. The number of aliphatic hydroxyl groups is 1. The molecule has 10 heteroatoms. The number of para-hydroxylation sites is 1. The van der Waals surface area contributed by atoms with Crippen LogP contribution in [-0.2, 0) is 12.0 Å². The summed E-state index contributed by atoms with van der Waals surface area (Å²) in [6.45, 7) is 13.8. The molecule has 3 heterocycles. The lowest BCUT2D eigenvalue weighted by molar-refractivity contribution is -0.0811. The molecule has 216 valence electrons. The molecule has 2 fully saturated rings. The quantitative estimate of drug-likeness (QED) is 0.416. The van der Waals surface area contributed by atoms with Crippen molar-refractivity contribution < 1.29 is 18.8 Å². The zero-order chi connectivity index (χ0) is 28.1. The molecule has 2 aromatic carbocycles. The van der Waals surface area contributed by atoms with E-state index in [-0.39, 0.29) is 23.9 Å². The van der Waals surface area contributed by atoms with Crippen LogP contribution in [0.15, 0.2) is 53.1 Å². The van der Waals surface area contributed by atoms with Crippen molar-refractivity contribution in [1.29, 1.82) is 0 Å². The molecule has 40 heavy (non-hydrogen) atoms. The highest BCUT2D eigenvalue weighted by Crippen LogP contribution is 2.26. The first-order valence-corrected chi connectivity index (χ1v) is 14.2. The van der Waals surface area contributed by atoms with Gasteiger partial charge >= 0.3 is 0 Å². The van der Waals surface area contributed by atoms with Gasteiger partial charge in [0.15, 0.2) is 17.4 Å². The number of piperazine rings is 2. The molecule has 0 amide bonds.